The molecule has 0 saturated heterocycles. The van der Waals surface area contributed by atoms with E-state index in [1.54, 1.807) is 4.90 Å². The first-order valence-electron chi connectivity index (χ1n) is 4.90. The van der Waals surface area contributed by atoms with Crippen molar-refractivity contribution in [2.75, 3.05) is 39.3 Å². The smallest absolute Gasteiger partial charge is 0.411 e. The van der Waals surface area contributed by atoms with Gasteiger partial charge in [-0.1, -0.05) is 8.64 Å². The van der Waals surface area contributed by atoms with Crippen molar-refractivity contribution in [2.24, 2.45) is 5.73 Å². The van der Waals surface area contributed by atoms with Crippen molar-refractivity contribution in [3.63, 3.8) is 0 Å². The molecule has 18 heavy (non-hydrogen) atoms. The third-order valence-electron chi connectivity index (χ3n) is 1.75. The van der Waals surface area contributed by atoms with Crippen molar-refractivity contribution in [3.05, 3.63) is 0 Å². The Morgan fingerprint density at radius 1 is 0.944 bits per heavy atom. The molecule has 0 amide bonds. The fourth-order valence-corrected chi connectivity index (χ4v) is 1.94. The van der Waals surface area contributed by atoms with E-state index in [0.29, 0.717) is 21.7 Å². The summed E-state index contributed by atoms with van der Waals surface area (Å²) in [5, 5.41) is 6.40. The van der Waals surface area contributed by atoms with Gasteiger partial charge in [0.25, 0.3) is 0 Å². The molecule has 0 aromatic heterocycles. The Labute approximate surface area is 175 Å². The minimum Gasteiger partial charge on any atom is -0.411 e. The van der Waals surface area contributed by atoms with Crippen LogP contribution in [0, 0.1) is 0 Å². The van der Waals surface area contributed by atoms with E-state index < -0.39 is 0 Å². The SMILES string of the molecule is NCCNCCNCCN(C(=S)[S-])C(=S)[S-].[Na+].[Na+]. The van der Waals surface area contributed by atoms with Crippen LogP contribution >= 0.6 is 24.4 Å². The largest absolute Gasteiger partial charge is 1.00 e. The molecule has 0 saturated carbocycles. The van der Waals surface area contributed by atoms with Crippen LogP contribution in [0.2, 0.25) is 0 Å². The van der Waals surface area contributed by atoms with Crippen molar-refractivity contribution < 1.29 is 59.1 Å². The van der Waals surface area contributed by atoms with Crippen LogP contribution in [0.4, 0.5) is 0 Å². The minimum absolute atomic E-state index is 0. The van der Waals surface area contributed by atoms with Gasteiger partial charge in [-0.15, -0.1) is 0 Å². The maximum absolute atomic E-state index is 5.33. The van der Waals surface area contributed by atoms with Crippen molar-refractivity contribution in [3.8, 4) is 0 Å². The van der Waals surface area contributed by atoms with Crippen molar-refractivity contribution in [2.45, 2.75) is 0 Å². The molecule has 4 N–H and O–H groups in total. The molecule has 0 aliphatic carbocycles. The van der Waals surface area contributed by atoms with Crippen LogP contribution in [-0.2, 0) is 25.3 Å². The van der Waals surface area contributed by atoms with Gasteiger partial charge in [-0.05, 0) is 0 Å². The first-order chi connectivity index (χ1) is 7.59. The van der Waals surface area contributed by atoms with E-state index in [-0.39, 0.29) is 59.1 Å². The normalized spacial score (nSPS) is 8.94. The zero-order chi connectivity index (χ0) is 12.4. The molecule has 10 heteroatoms. The van der Waals surface area contributed by atoms with Gasteiger partial charge >= 0.3 is 59.1 Å². The third-order valence-corrected chi connectivity index (χ3v) is 2.63. The molecule has 0 aromatic carbocycles. The fraction of sp³-hybridized carbons (Fsp3) is 0.750. The summed E-state index contributed by atoms with van der Waals surface area (Å²) in [5.41, 5.74) is 5.33. The average molecular weight is 342 g/mol. The van der Waals surface area contributed by atoms with Crippen LogP contribution in [-0.4, -0.2) is 52.8 Å². The Kier molecular flexibility index (Phi) is 24.4. The Balaban J connectivity index is -0.00000112. The van der Waals surface area contributed by atoms with E-state index in [2.05, 4.69) is 10.6 Å². The Bertz CT molecular complexity index is 219. The first kappa shape index (κ1) is 25.3. The van der Waals surface area contributed by atoms with Crippen LogP contribution in [0.5, 0.6) is 0 Å². The quantitative estimate of drug-likeness (QED) is 0.174. The van der Waals surface area contributed by atoms with Gasteiger partial charge in [0.1, 0.15) is 0 Å². The number of nitrogens with zero attached hydrogens (tertiary/aromatic N) is 1. The molecule has 0 radical (unpaired) electrons. The molecule has 0 bridgehead atoms. The number of rotatable bonds is 8. The summed E-state index contributed by atoms with van der Waals surface area (Å²) in [6, 6.07) is 0. The summed E-state index contributed by atoms with van der Waals surface area (Å²) < 4.78 is 0.617. The van der Waals surface area contributed by atoms with Crippen molar-refractivity contribution in [1.82, 2.24) is 15.5 Å². The molecular weight excluding hydrogens is 326 g/mol. The zero-order valence-electron chi connectivity index (χ0n) is 10.9. The molecule has 0 spiro atoms. The van der Waals surface area contributed by atoms with Crippen LogP contribution in [0.25, 0.3) is 0 Å². The van der Waals surface area contributed by atoms with Gasteiger partial charge < -0.3 is 71.0 Å². The molecule has 0 aliphatic heterocycles. The van der Waals surface area contributed by atoms with Crippen LogP contribution in [0.15, 0.2) is 0 Å². The molecule has 0 rings (SSSR count). The number of hydrogen-bond donors (Lipinski definition) is 3. The van der Waals surface area contributed by atoms with Gasteiger partial charge in [-0.3, -0.25) is 0 Å². The molecule has 0 aromatic rings. The van der Waals surface area contributed by atoms with Crippen LogP contribution < -0.4 is 75.5 Å². The Morgan fingerprint density at radius 2 is 1.39 bits per heavy atom. The first-order valence-corrected chi connectivity index (χ1v) is 6.54. The zero-order valence-corrected chi connectivity index (χ0v) is 18.2. The summed E-state index contributed by atoms with van der Waals surface area (Å²) in [6.45, 7) is 4.61. The average Bonchev–Trinajstić information content (AvgIpc) is 2.21. The van der Waals surface area contributed by atoms with Gasteiger partial charge in [0.15, 0.2) is 0 Å². The summed E-state index contributed by atoms with van der Waals surface area (Å²) in [7, 11) is 0. The molecule has 94 valence electrons. The van der Waals surface area contributed by atoms with Gasteiger partial charge in [-0.2, -0.15) is 0 Å². The van der Waals surface area contributed by atoms with E-state index in [0.717, 1.165) is 26.2 Å². The van der Waals surface area contributed by atoms with Crippen molar-refractivity contribution in [1.29, 1.82) is 0 Å². The second-order valence-electron chi connectivity index (χ2n) is 2.97. The summed E-state index contributed by atoms with van der Waals surface area (Å²) >= 11 is 19.4. The maximum Gasteiger partial charge on any atom is 1.00 e. The standard InChI is InChI=1S/C8H18N4S4.2Na/c9-1-2-10-3-4-11-5-6-12(7(13)14)8(15)16;;/h10-11H,1-6,9H2,(H,13,14)(H,15,16);;/q;2*+1/p-2. The third kappa shape index (κ3) is 14.7. The van der Waals surface area contributed by atoms with Gasteiger partial charge in [0.2, 0.25) is 0 Å². The van der Waals surface area contributed by atoms with Crippen LogP contribution in [0.1, 0.15) is 0 Å². The van der Waals surface area contributed by atoms with Gasteiger partial charge in [0, 0.05) is 39.3 Å². The summed E-state index contributed by atoms with van der Waals surface area (Å²) in [6.07, 6.45) is 0. The van der Waals surface area contributed by atoms with E-state index in [4.69, 9.17) is 55.4 Å². The molecule has 0 unspecified atom stereocenters. The molecule has 0 aliphatic rings. The second-order valence-corrected chi connectivity index (χ2v) is 5.04. The molecule has 0 heterocycles. The fourth-order valence-electron chi connectivity index (χ4n) is 0.977. The monoisotopic (exact) mass is 342 g/mol. The van der Waals surface area contributed by atoms with Crippen molar-refractivity contribution >= 4 is 58.3 Å². The van der Waals surface area contributed by atoms with E-state index in [1.807, 2.05) is 0 Å². The molecule has 0 fully saturated rings. The molecule has 4 nitrogen and oxygen atoms in total. The molecular formula is C8H16N4Na2S4. The second kappa shape index (κ2) is 17.4. The molecule has 0 atom stereocenters. The van der Waals surface area contributed by atoms with Gasteiger partial charge in [0.05, 0.1) is 0 Å². The Morgan fingerprint density at radius 3 is 1.78 bits per heavy atom. The van der Waals surface area contributed by atoms with E-state index >= 15 is 0 Å². The number of nitrogens with one attached hydrogen (secondary N) is 2. The summed E-state index contributed by atoms with van der Waals surface area (Å²) in [5.74, 6) is 0. The van der Waals surface area contributed by atoms with E-state index in [1.165, 1.54) is 0 Å². The predicted octanol–water partition coefficient (Wildman–Crippen LogP) is -6.90. The maximum atomic E-state index is 5.33. The number of nitrogens with two attached hydrogens (primary N) is 1. The summed E-state index contributed by atoms with van der Waals surface area (Å²) in [4.78, 5) is 1.59. The minimum atomic E-state index is 0. The van der Waals surface area contributed by atoms with Gasteiger partial charge in [-0.25, -0.2) is 0 Å². The topological polar surface area (TPSA) is 53.3 Å². The predicted molar refractivity (Wildman–Crippen MR) is 81.4 cm³/mol. The number of hydrogen-bond acceptors (Lipinski definition) is 7. The van der Waals surface area contributed by atoms with Crippen LogP contribution in [0.3, 0.4) is 0 Å². The Hall–Kier alpha value is 2.30. The van der Waals surface area contributed by atoms with E-state index in [9.17, 15) is 0 Å². The number of thiocarbonyl (C=S) groups is 2.